The molecule has 0 bridgehead atoms. The quantitative estimate of drug-likeness (QED) is 0.749. The number of fused-ring (bicyclic) bond motifs is 1. The molecular weight excluding hydrogens is 350 g/mol. The molecule has 0 saturated heterocycles. The first kappa shape index (κ1) is 16.6. The van der Waals surface area contributed by atoms with E-state index in [0.29, 0.717) is 11.5 Å². The van der Waals surface area contributed by atoms with Crippen LogP contribution in [0.4, 0.5) is 0 Å². The minimum absolute atomic E-state index is 0.180. The Hall–Kier alpha value is -2.83. The molecule has 6 heteroatoms. The number of benzene rings is 3. The van der Waals surface area contributed by atoms with Gasteiger partial charge in [0.15, 0.2) is 11.5 Å². The Balaban J connectivity index is 1.48. The van der Waals surface area contributed by atoms with Crippen LogP contribution in [0, 0.1) is 0 Å². The summed E-state index contributed by atoms with van der Waals surface area (Å²) in [6.45, 7) is 0.373. The lowest BCUT2D eigenvalue weighted by Gasteiger charge is -2.09. The van der Waals surface area contributed by atoms with Crippen molar-refractivity contribution in [1.82, 2.24) is 4.72 Å². The van der Waals surface area contributed by atoms with E-state index in [2.05, 4.69) is 4.72 Å². The summed E-state index contributed by atoms with van der Waals surface area (Å²) in [6, 6.07) is 22.0. The van der Waals surface area contributed by atoms with Crippen molar-refractivity contribution in [2.45, 2.75) is 11.4 Å². The molecule has 1 N–H and O–H groups in total. The molecule has 3 aromatic carbocycles. The summed E-state index contributed by atoms with van der Waals surface area (Å²) in [6.07, 6.45) is 0. The van der Waals surface area contributed by atoms with Gasteiger partial charge in [0.25, 0.3) is 0 Å². The molecule has 0 unspecified atom stereocenters. The molecule has 1 aliphatic rings. The highest BCUT2D eigenvalue weighted by Crippen LogP contribution is 2.32. The number of hydrogen-bond acceptors (Lipinski definition) is 4. The van der Waals surface area contributed by atoms with Gasteiger partial charge in [0.05, 0.1) is 4.90 Å². The molecule has 0 fully saturated rings. The van der Waals surface area contributed by atoms with Crippen LogP contribution in [0.15, 0.2) is 77.7 Å². The van der Waals surface area contributed by atoms with Crippen LogP contribution < -0.4 is 14.2 Å². The molecule has 0 spiro atoms. The number of nitrogens with one attached hydrogen (secondary N) is 1. The first-order valence-electron chi connectivity index (χ1n) is 8.15. The Morgan fingerprint density at radius 2 is 1.50 bits per heavy atom. The van der Waals surface area contributed by atoms with Gasteiger partial charge in [0, 0.05) is 6.54 Å². The van der Waals surface area contributed by atoms with Crippen molar-refractivity contribution < 1.29 is 17.9 Å². The van der Waals surface area contributed by atoms with Crippen LogP contribution in [0.5, 0.6) is 11.5 Å². The third-order valence-electron chi connectivity index (χ3n) is 4.18. The monoisotopic (exact) mass is 367 g/mol. The zero-order valence-electron chi connectivity index (χ0n) is 13.9. The number of ether oxygens (including phenoxy) is 2. The third-order valence-corrected chi connectivity index (χ3v) is 5.59. The van der Waals surface area contributed by atoms with Crippen LogP contribution in [0.1, 0.15) is 5.56 Å². The summed E-state index contributed by atoms with van der Waals surface area (Å²) in [7, 11) is -3.59. The topological polar surface area (TPSA) is 64.6 Å². The van der Waals surface area contributed by atoms with Gasteiger partial charge >= 0.3 is 0 Å². The normalized spacial score (nSPS) is 12.9. The van der Waals surface area contributed by atoms with Crippen molar-refractivity contribution >= 4 is 10.0 Å². The van der Waals surface area contributed by atoms with Crippen LogP contribution in [0.3, 0.4) is 0 Å². The molecule has 0 saturated carbocycles. The average molecular weight is 367 g/mol. The van der Waals surface area contributed by atoms with Gasteiger partial charge in [-0.2, -0.15) is 0 Å². The standard InChI is InChI=1S/C20H17NO4S/c22-26(23,21-13-15-6-11-19-20(12-15)25-14-24-19)18-9-7-17(8-10-18)16-4-2-1-3-5-16/h1-12,21H,13-14H2. The number of rotatable bonds is 5. The van der Waals surface area contributed by atoms with Crippen LogP contribution in [-0.4, -0.2) is 15.2 Å². The van der Waals surface area contributed by atoms with E-state index in [9.17, 15) is 8.42 Å². The summed E-state index contributed by atoms with van der Waals surface area (Å²) in [5.74, 6) is 1.31. The molecule has 132 valence electrons. The summed E-state index contributed by atoms with van der Waals surface area (Å²) < 4.78 is 38.2. The molecule has 0 aromatic heterocycles. The van der Waals surface area contributed by atoms with E-state index in [4.69, 9.17) is 9.47 Å². The summed E-state index contributed by atoms with van der Waals surface area (Å²) in [5, 5.41) is 0. The molecule has 26 heavy (non-hydrogen) atoms. The van der Waals surface area contributed by atoms with Crippen LogP contribution in [-0.2, 0) is 16.6 Å². The maximum Gasteiger partial charge on any atom is 0.240 e. The van der Waals surface area contributed by atoms with E-state index in [1.54, 1.807) is 24.3 Å². The van der Waals surface area contributed by atoms with Gasteiger partial charge in [-0.05, 0) is 41.0 Å². The van der Waals surface area contributed by atoms with Gasteiger partial charge in [0.1, 0.15) is 0 Å². The third kappa shape index (κ3) is 3.42. The van der Waals surface area contributed by atoms with E-state index in [1.165, 1.54) is 0 Å². The van der Waals surface area contributed by atoms with Crippen molar-refractivity contribution in [3.05, 3.63) is 78.4 Å². The molecule has 3 aromatic rings. The lowest BCUT2D eigenvalue weighted by molar-refractivity contribution is 0.174. The maximum absolute atomic E-state index is 12.5. The van der Waals surface area contributed by atoms with E-state index < -0.39 is 10.0 Å². The largest absolute Gasteiger partial charge is 0.454 e. The van der Waals surface area contributed by atoms with Gasteiger partial charge in [-0.25, -0.2) is 13.1 Å². The number of sulfonamides is 1. The fourth-order valence-corrected chi connectivity index (χ4v) is 3.79. The highest BCUT2D eigenvalue weighted by Gasteiger charge is 2.16. The minimum Gasteiger partial charge on any atom is -0.454 e. The van der Waals surface area contributed by atoms with Crippen molar-refractivity contribution in [1.29, 1.82) is 0 Å². The maximum atomic E-state index is 12.5. The lowest BCUT2D eigenvalue weighted by Crippen LogP contribution is -2.23. The Labute approximate surface area is 152 Å². The Bertz CT molecular complexity index is 1020. The fourth-order valence-electron chi connectivity index (χ4n) is 2.77. The van der Waals surface area contributed by atoms with Crippen LogP contribution in [0.2, 0.25) is 0 Å². The average Bonchev–Trinajstić information content (AvgIpc) is 3.15. The lowest BCUT2D eigenvalue weighted by atomic mass is 10.1. The molecule has 0 aliphatic carbocycles. The highest BCUT2D eigenvalue weighted by atomic mass is 32.2. The Morgan fingerprint density at radius 1 is 0.808 bits per heavy atom. The second kappa shape index (κ2) is 6.82. The van der Waals surface area contributed by atoms with Crippen molar-refractivity contribution in [2.24, 2.45) is 0 Å². The van der Waals surface area contributed by atoms with Crippen molar-refractivity contribution in [3.63, 3.8) is 0 Å². The molecule has 1 heterocycles. The second-order valence-corrected chi connectivity index (χ2v) is 7.67. The predicted octanol–water partition coefficient (Wildman–Crippen LogP) is 3.56. The summed E-state index contributed by atoms with van der Waals surface area (Å²) in [5.41, 5.74) is 2.82. The molecule has 1 aliphatic heterocycles. The molecule has 0 atom stereocenters. The molecule has 0 amide bonds. The molecule has 5 nitrogen and oxygen atoms in total. The van der Waals surface area contributed by atoms with E-state index >= 15 is 0 Å². The smallest absolute Gasteiger partial charge is 0.240 e. The van der Waals surface area contributed by atoms with Gasteiger partial charge in [-0.1, -0.05) is 48.5 Å². The van der Waals surface area contributed by atoms with Gasteiger partial charge in [-0.15, -0.1) is 0 Å². The van der Waals surface area contributed by atoms with Crippen LogP contribution >= 0.6 is 0 Å². The molecule has 4 rings (SSSR count). The second-order valence-electron chi connectivity index (χ2n) is 5.90. The Kier molecular flexibility index (Phi) is 4.36. The summed E-state index contributed by atoms with van der Waals surface area (Å²) >= 11 is 0. The van der Waals surface area contributed by atoms with Crippen LogP contribution in [0.25, 0.3) is 11.1 Å². The van der Waals surface area contributed by atoms with Gasteiger partial charge < -0.3 is 9.47 Å². The minimum atomic E-state index is -3.59. The first-order chi connectivity index (χ1) is 12.6. The predicted molar refractivity (Wildman–Crippen MR) is 98.5 cm³/mol. The number of hydrogen-bond donors (Lipinski definition) is 1. The van der Waals surface area contributed by atoms with E-state index in [-0.39, 0.29) is 18.2 Å². The van der Waals surface area contributed by atoms with Crippen molar-refractivity contribution in [2.75, 3.05) is 6.79 Å². The van der Waals surface area contributed by atoms with E-state index in [1.807, 2.05) is 48.5 Å². The zero-order valence-corrected chi connectivity index (χ0v) is 14.7. The SMILES string of the molecule is O=S(=O)(NCc1ccc2c(c1)OCO2)c1ccc(-c2ccccc2)cc1. The van der Waals surface area contributed by atoms with Gasteiger partial charge in [-0.3, -0.25) is 0 Å². The Morgan fingerprint density at radius 3 is 2.27 bits per heavy atom. The van der Waals surface area contributed by atoms with E-state index in [0.717, 1.165) is 16.7 Å². The highest BCUT2D eigenvalue weighted by molar-refractivity contribution is 7.89. The molecule has 0 radical (unpaired) electrons. The first-order valence-corrected chi connectivity index (χ1v) is 9.64. The summed E-state index contributed by atoms with van der Waals surface area (Å²) in [4.78, 5) is 0.234. The zero-order chi connectivity index (χ0) is 18.0. The molecular formula is C20H17NO4S. The fraction of sp³-hybridized carbons (Fsp3) is 0.100. The van der Waals surface area contributed by atoms with Crippen molar-refractivity contribution in [3.8, 4) is 22.6 Å². The van der Waals surface area contributed by atoms with Gasteiger partial charge in [0.2, 0.25) is 16.8 Å².